The van der Waals surface area contributed by atoms with Gasteiger partial charge < -0.3 is 20.4 Å². The molecule has 1 saturated heterocycles. The van der Waals surface area contributed by atoms with Gasteiger partial charge >= 0.3 is 5.97 Å². The largest absolute Gasteiger partial charge is 0.481 e. The molecular weight excluding hydrogens is 212 g/mol. The molecule has 0 aromatic rings. The van der Waals surface area contributed by atoms with E-state index in [0.717, 1.165) is 0 Å². The number of hydrogen-bond acceptors (Lipinski definition) is 4. The molecule has 0 saturated carbocycles. The van der Waals surface area contributed by atoms with Crippen LogP contribution < -0.4 is 5.32 Å². The maximum absolute atomic E-state index is 11.2. The topological polar surface area (TPSA) is 89.9 Å². The summed E-state index contributed by atoms with van der Waals surface area (Å²) in [5.74, 6) is -1.50. The van der Waals surface area contributed by atoms with E-state index in [4.69, 9.17) is 10.2 Å². The van der Waals surface area contributed by atoms with E-state index in [1.54, 1.807) is 0 Å². The van der Waals surface area contributed by atoms with Crippen LogP contribution in [-0.2, 0) is 9.59 Å². The minimum atomic E-state index is -0.873. The number of aliphatic carboxylic acids is 1. The van der Waals surface area contributed by atoms with E-state index in [-0.39, 0.29) is 25.1 Å². The molecule has 6 heteroatoms. The van der Waals surface area contributed by atoms with Gasteiger partial charge in [-0.15, -0.1) is 0 Å². The zero-order valence-electron chi connectivity index (χ0n) is 9.35. The molecule has 92 valence electrons. The first kappa shape index (κ1) is 12.9. The standard InChI is InChI=1S/C10H18N2O4/c1-7(14)12-5-8(10(15)16)4-9(6-12)11-2-3-13/h8-9,11,13H,2-6H2,1H3,(H,15,16). The van der Waals surface area contributed by atoms with Gasteiger partial charge in [-0.25, -0.2) is 0 Å². The van der Waals surface area contributed by atoms with Gasteiger partial charge in [0.15, 0.2) is 0 Å². The van der Waals surface area contributed by atoms with Crippen LogP contribution in [0.25, 0.3) is 0 Å². The summed E-state index contributed by atoms with van der Waals surface area (Å²) in [6.07, 6.45) is 0.499. The van der Waals surface area contributed by atoms with Crippen molar-refractivity contribution in [1.82, 2.24) is 10.2 Å². The highest BCUT2D eigenvalue weighted by Crippen LogP contribution is 2.17. The summed E-state index contributed by atoms with van der Waals surface area (Å²) in [7, 11) is 0. The molecule has 3 N–H and O–H groups in total. The van der Waals surface area contributed by atoms with Gasteiger partial charge in [0.2, 0.25) is 5.91 Å². The van der Waals surface area contributed by atoms with Crippen molar-refractivity contribution in [3.05, 3.63) is 0 Å². The number of amides is 1. The van der Waals surface area contributed by atoms with Crippen molar-refractivity contribution in [2.75, 3.05) is 26.2 Å². The second-order valence-electron chi connectivity index (χ2n) is 4.07. The first-order valence-corrected chi connectivity index (χ1v) is 5.37. The summed E-state index contributed by atoms with van der Waals surface area (Å²) in [6, 6.07) is -0.0501. The molecule has 1 aliphatic rings. The highest BCUT2D eigenvalue weighted by molar-refractivity contribution is 5.76. The fourth-order valence-electron chi connectivity index (χ4n) is 1.95. The number of nitrogens with zero attached hydrogens (tertiary/aromatic N) is 1. The van der Waals surface area contributed by atoms with Crippen LogP contribution >= 0.6 is 0 Å². The molecule has 0 aromatic heterocycles. The zero-order valence-corrected chi connectivity index (χ0v) is 9.35. The second-order valence-corrected chi connectivity index (χ2v) is 4.07. The molecule has 1 fully saturated rings. The predicted octanol–water partition coefficient (Wildman–Crippen LogP) is -1.11. The molecule has 16 heavy (non-hydrogen) atoms. The second kappa shape index (κ2) is 5.81. The monoisotopic (exact) mass is 230 g/mol. The maximum Gasteiger partial charge on any atom is 0.308 e. The van der Waals surface area contributed by atoms with Gasteiger partial charge in [0.05, 0.1) is 12.5 Å². The third-order valence-electron chi connectivity index (χ3n) is 2.79. The number of aliphatic hydroxyl groups excluding tert-OH is 1. The van der Waals surface area contributed by atoms with Crippen molar-refractivity contribution in [1.29, 1.82) is 0 Å². The third-order valence-corrected chi connectivity index (χ3v) is 2.79. The summed E-state index contributed by atoms with van der Waals surface area (Å²) in [5.41, 5.74) is 0. The Hall–Kier alpha value is -1.14. The maximum atomic E-state index is 11.2. The van der Waals surface area contributed by atoms with Crippen molar-refractivity contribution in [3.8, 4) is 0 Å². The molecule has 0 aliphatic carbocycles. The smallest absolute Gasteiger partial charge is 0.308 e. The lowest BCUT2D eigenvalue weighted by Gasteiger charge is -2.36. The van der Waals surface area contributed by atoms with Crippen molar-refractivity contribution >= 4 is 11.9 Å². The molecule has 0 aromatic carbocycles. The lowest BCUT2D eigenvalue weighted by atomic mass is 9.94. The number of aliphatic hydroxyl groups is 1. The minimum Gasteiger partial charge on any atom is -0.481 e. The average molecular weight is 230 g/mol. The van der Waals surface area contributed by atoms with Crippen LogP contribution in [0.4, 0.5) is 0 Å². The lowest BCUT2D eigenvalue weighted by Crippen LogP contribution is -2.52. The molecule has 0 radical (unpaired) electrons. The van der Waals surface area contributed by atoms with Crippen LogP contribution in [-0.4, -0.2) is 59.3 Å². The van der Waals surface area contributed by atoms with Gasteiger partial charge in [-0.1, -0.05) is 0 Å². The van der Waals surface area contributed by atoms with E-state index in [1.807, 2.05) is 0 Å². The molecule has 6 nitrogen and oxygen atoms in total. The van der Waals surface area contributed by atoms with Crippen LogP contribution in [0.1, 0.15) is 13.3 Å². The quantitative estimate of drug-likeness (QED) is 0.570. The van der Waals surface area contributed by atoms with Gasteiger partial charge in [-0.3, -0.25) is 9.59 Å². The van der Waals surface area contributed by atoms with E-state index in [9.17, 15) is 9.59 Å². The molecular formula is C10H18N2O4. The number of carbonyl (C=O) groups excluding carboxylic acids is 1. The molecule has 1 amide bonds. The first-order chi connectivity index (χ1) is 7.54. The van der Waals surface area contributed by atoms with E-state index < -0.39 is 11.9 Å². The van der Waals surface area contributed by atoms with E-state index in [0.29, 0.717) is 19.5 Å². The normalized spacial score (nSPS) is 25.5. The fraction of sp³-hybridized carbons (Fsp3) is 0.800. The summed E-state index contributed by atoms with van der Waals surface area (Å²) < 4.78 is 0. The molecule has 0 spiro atoms. The summed E-state index contributed by atoms with van der Waals surface area (Å²) in [6.45, 7) is 2.66. The van der Waals surface area contributed by atoms with Crippen LogP contribution in [0.5, 0.6) is 0 Å². The van der Waals surface area contributed by atoms with Crippen molar-refractivity contribution in [2.45, 2.75) is 19.4 Å². The van der Waals surface area contributed by atoms with E-state index in [1.165, 1.54) is 11.8 Å². The molecule has 0 bridgehead atoms. The predicted molar refractivity (Wildman–Crippen MR) is 56.9 cm³/mol. The van der Waals surface area contributed by atoms with Gasteiger partial charge in [-0.2, -0.15) is 0 Å². The lowest BCUT2D eigenvalue weighted by molar-refractivity contribution is -0.145. The van der Waals surface area contributed by atoms with Crippen LogP contribution in [0.2, 0.25) is 0 Å². The highest BCUT2D eigenvalue weighted by Gasteiger charge is 2.32. The SMILES string of the molecule is CC(=O)N1CC(NCCO)CC(C(=O)O)C1. The third kappa shape index (κ3) is 3.46. The number of likely N-dealkylation sites (tertiary alicyclic amines) is 1. The number of carbonyl (C=O) groups is 2. The van der Waals surface area contributed by atoms with Gasteiger partial charge in [0, 0.05) is 32.6 Å². The zero-order chi connectivity index (χ0) is 12.1. The molecule has 1 rings (SSSR count). The molecule has 2 unspecified atom stereocenters. The van der Waals surface area contributed by atoms with Crippen molar-refractivity contribution in [2.24, 2.45) is 5.92 Å². The Balaban J connectivity index is 2.59. The summed E-state index contributed by atoms with van der Waals surface area (Å²) in [4.78, 5) is 23.7. The fourth-order valence-corrected chi connectivity index (χ4v) is 1.95. The summed E-state index contributed by atoms with van der Waals surface area (Å²) in [5, 5.41) is 20.7. The van der Waals surface area contributed by atoms with Crippen LogP contribution in [0.15, 0.2) is 0 Å². The Morgan fingerprint density at radius 1 is 1.44 bits per heavy atom. The number of rotatable bonds is 4. The number of carboxylic acids is 1. The molecule has 1 aliphatic heterocycles. The number of piperidine rings is 1. The Morgan fingerprint density at radius 2 is 2.12 bits per heavy atom. The van der Waals surface area contributed by atoms with Crippen molar-refractivity contribution < 1.29 is 19.8 Å². The van der Waals surface area contributed by atoms with Crippen molar-refractivity contribution in [3.63, 3.8) is 0 Å². The Kier molecular flexibility index (Phi) is 4.70. The Morgan fingerprint density at radius 3 is 2.62 bits per heavy atom. The Labute approximate surface area is 94.2 Å². The van der Waals surface area contributed by atoms with Gasteiger partial charge in [-0.05, 0) is 6.42 Å². The van der Waals surface area contributed by atoms with Gasteiger partial charge in [0.1, 0.15) is 0 Å². The first-order valence-electron chi connectivity index (χ1n) is 5.37. The molecule has 2 atom stereocenters. The number of hydrogen-bond donors (Lipinski definition) is 3. The van der Waals surface area contributed by atoms with Gasteiger partial charge in [0.25, 0.3) is 0 Å². The Bertz CT molecular complexity index is 248. The minimum absolute atomic E-state index is 0.00824. The van der Waals surface area contributed by atoms with Crippen LogP contribution in [0, 0.1) is 5.92 Å². The molecule has 1 heterocycles. The van der Waals surface area contributed by atoms with E-state index >= 15 is 0 Å². The van der Waals surface area contributed by atoms with E-state index in [2.05, 4.69) is 5.32 Å². The average Bonchev–Trinajstić information content (AvgIpc) is 2.25. The highest BCUT2D eigenvalue weighted by atomic mass is 16.4. The number of carboxylic acid groups (broad SMARTS) is 1. The summed E-state index contributed by atoms with van der Waals surface area (Å²) >= 11 is 0. The number of nitrogens with one attached hydrogen (secondary N) is 1. The van der Waals surface area contributed by atoms with Crippen LogP contribution in [0.3, 0.4) is 0 Å².